The van der Waals surface area contributed by atoms with E-state index in [1.807, 2.05) is 6.21 Å². The molecule has 2 amide bonds. The molecule has 2 fully saturated rings. The highest BCUT2D eigenvalue weighted by Crippen LogP contribution is 2.22. The molecule has 0 bridgehead atoms. The van der Waals surface area contributed by atoms with E-state index in [1.54, 1.807) is 6.92 Å². The van der Waals surface area contributed by atoms with Gasteiger partial charge in [-0.3, -0.25) is 9.59 Å². The molecule has 2 rings (SSSR count). The molecular weight excluding hydrogens is 268 g/mol. The van der Waals surface area contributed by atoms with E-state index in [0.717, 1.165) is 51.6 Å². The minimum atomic E-state index is 0.0414. The number of hydrogen-bond donors (Lipinski definition) is 3. The van der Waals surface area contributed by atoms with Crippen LogP contribution in [-0.2, 0) is 9.59 Å². The molecule has 0 spiro atoms. The first kappa shape index (κ1) is 15.9. The normalized spacial score (nSPS) is 27.5. The topological polar surface area (TPSA) is 82.6 Å². The van der Waals surface area contributed by atoms with E-state index in [9.17, 15) is 9.59 Å². The summed E-state index contributed by atoms with van der Waals surface area (Å²) in [5.41, 5.74) is 2.68. The van der Waals surface area contributed by atoms with E-state index >= 15 is 0 Å². The Balaban J connectivity index is 1.66. The minimum absolute atomic E-state index is 0.0414. The Kier molecular flexibility index (Phi) is 6.17. The third kappa shape index (κ3) is 5.46. The quantitative estimate of drug-likeness (QED) is 0.529. The molecule has 1 saturated heterocycles. The first-order chi connectivity index (χ1) is 10.1. The van der Waals surface area contributed by atoms with E-state index in [1.165, 1.54) is 0 Å². The predicted molar refractivity (Wildman–Crippen MR) is 81.8 cm³/mol. The third-order valence-corrected chi connectivity index (χ3v) is 4.35. The summed E-state index contributed by atoms with van der Waals surface area (Å²) in [7, 11) is 0. The number of hydrogen-bond acceptors (Lipinski definition) is 4. The standard InChI is InChI=1S/C15H26N4O2/c1-11(20)18-14-4-2-12(3-5-14)10-17-19-15(21)13-6-8-16-9-7-13/h10,12-14,16H,2-9H2,1H3,(H,18,20)(H,19,21)/b17-10-. The molecule has 21 heavy (non-hydrogen) atoms. The van der Waals surface area contributed by atoms with Gasteiger partial charge >= 0.3 is 0 Å². The highest BCUT2D eigenvalue weighted by atomic mass is 16.2. The Hall–Kier alpha value is -1.43. The molecule has 1 aliphatic carbocycles. The molecule has 1 heterocycles. The van der Waals surface area contributed by atoms with Gasteiger partial charge in [-0.25, -0.2) is 5.43 Å². The fourth-order valence-corrected chi connectivity index (χ4v) is 3.08. The highest BCUT2D eigenvalue weighted by molar-refractivity contribution is 5.79. The number of piperidine rings is 1. The van der Waals surface area contributed by atoms with Gasteiger partial charge in [-0.05, 0) is 57.5 Å². The van der Waals surface area contributed by atoms with Crippen molar-refractivity contribution in [1.29, 1.82) is 0 Å². The van der Waals surface area contributed by atoms with Crippen LogP contribution < -0.4 is 16.1 Å². The van der Waals surface area contributed by atoms with Crippen molar-refractivity contribution in [2.45, 2.75) is 51.5 Å². The molecule has 0 aromatic heterocycles. The largest absolute Gasteiger partial charge is 0.354 e. The molecule has 118 valence electrons. The average molecular weight is 294 g/mol. The van der Waals surface area contributed by atoms with Gasteiger partial charge in [0.15, 0.2) is 0 Å². The van der Waals surface area contributed by atoms with Crippen LogP contribution in [0.5, 0.6) is 0 Å². The van der Waals surface area contributed by atoms with Crippen LogP contribution in [0.25, 0.3) is 0 Å². The molecule has 0 atom stereocenters. The van der Waals surface area contributed by atoms with Crippen molar-refractivity contribution in [3.63, 3.8) is 0 Å². The second-order valence-corrected chi connectivity index (χ2v) is 6.09. The van der Waals surface area contributed by atoms with Crippen molar-refractivity contribution < 1.29 is 9.59 Å². The summed E-state index contributed by atoms with van der Waals surface area (Å²) < 4.78 is 0. The van der Waals surface area contributed by atoms with E-state index in [-0.39, 0.29) is 17.7 Å². The Morgan fingerprint density at radius 3 is 2.38 bits per heavy atom. The number of rotatable bonds is 4. The van der Waals surface area contributed by atoms with E-state index in [0.29, 0.717) is 12.0 Å². The van der Waals surface area contributed by atoms with Gasteiger partial charge in [-0.2, -0.15) is 5.10 Å². The van der Waals surface area contributed by atoms with Crippen LogP contribution in [0.3, 0.4) is 0 Å². The molecule has 1 aliphatic heterocycles. The summed E-state index contributed by atoms with van der Waals surface area (Å²) in [4.78, 5) is 22.9. The number of hydrazone groups is 1. The van der Waals surface area contributed by atoms with E-state index in [2.05, 4.69) is 21.2 Å². The Morgan fingerprint density at radius 1 is 1.10 bits per heavy atom. The van der Waals surface area contributed by atoms with Crippen LogP contribution >= 0.6 is 0 Å². The number of carbonyl (C=O) groups excluding carboxylic acids is 2. The number of carbonyl (C=O) groups is 2. The maximum atomic E-state index is 11.9. The van der Waals surface area contributed by atoms with Gasteiger partial charge < -0.3 is 10.6 Å². The maximum Gasteiger partial charge on any atom is 0.243 e. The van der Waals surface area contributed by atoms with Crippen molar-refractivity contribution >= 4 is 18.0 Å². The summed E-state index contributed by atoms with van der Waals surface area (Å²) in [6, 6.07) is 0.302. The van der Waals surface area contributed by atoms with Crippen molar-refractivity contribution in [3.05, 3.63) is 0 Å². The summed E-state index contributed by atoms with van der Waals surface area (Å²) >= 11 is 0. The van der Waals surface area contributed by atoms with Gasteiger partial charge in [-0.15, -0.1) is 0 Å². The average Bonchev–Trinajstić information content (AvgIpc) is 2.49. The lowest BCUT2D eigenvalue weighted by atomic mass is 9.87. The monoisotopic (exact) mass is 294 g/mol. The fraction of sp³-hybridized carbons (Fsp3) is 0.800. The predicted octanol–water partition coefficient (Wildman–Crippen LogP) is 0.783. The summed E-state index contributed by atoms with van der Waals surface area (Å²) in [6.45, 7) is 3.38. The number of amides is 2. The molecular formula is C15H26N4O2. The SMILES string of the molecule is CC(=O)NC1CCC(/C=N\NC(=O)C2CCNCC2)CC1. The van der Waals surface area contributed by atoms with Crippen LogP contribution in [0, 0.1) is 11.8 Å². The van der Waals surface area contributed by atoms with Crippen molar-refractivity contribution in [2.24, 2.45) is 16.9 Å². The van der Waals surface area contributed by atoms with Crippen LogP contribution in [0.4, 0.5) is 0 Å². The zero-order chi connectivity index (χ0) is 15.1. The van der Waals surface area contributed by atoms with Crippen molar-refractivity contribution in [2.75, 3.05) is 13.1 Å². The molecule has 6 heteroatoms. The van der Waals surface area contributed by atoms with Crippen LogP contribution in [0.15, 0.2) is 5.10 Å². The summed E-state index contributed by atoms with van der Waals surface area (Å²) in [5, 5.41) is 10.3. The summed E-state index contributed by atoms with van der Waals surface area (Å²) in [6.07, 6.45) is 7.64. The van der Waals surface area contributed by atoms with E-state index < -0.39 is 0 Å². The fourth-order valence-electron chi connectivity index (χ4n) is 3.08. The Morgan fingerprint density at radius 2 is 1.76 bits per heavy atom. The number of nitrogens with one attached hydrogen (secondary N) is 3. The van der Waals surface area contributed by atoms with Crippen molar-refractivity contribution in [3.8, 4) is 0 Å². The van der Waals surface area contributed by atoms with Crippen LogP contribution in [-0.4, -0.2) is 37.2 Å². The van der Waals surface area contributed by atoms with Gasteiger partial charge in [0.2, 0.25) is 11.8 Å². The molecule has 3 N–H and O–H groups in total. The van der Waals surface area contributed by atoms with Crippen molar-refractivity contribution in [1.82, 2.24) is 16.1 Å². The van der Waals surface area contributed by atoms with Gasteiger partial charge in [0.05, 0.1) is 0 Å². The van der Waals surface area contributed by atoms with Gasteiger partial charge in [-0.1, -0.05) is 0 Å². The molecule has 2 aliphatic rings. The molecule has 1 saturated carbocycles. The molecule has 6 nitrogen and oxygen atoms in total. The third-order valence-electron chi connectivity index (χ3n) is 4.35. The Labute approximate surface area is 126 Å². The number of nitrogens with zero attached hydrogens (tertiary/aromatic N) is 1. The second-order valence-electron chi connectivity index (χ2n) is 6.09. The van der Waals surface area contributed by atoms with Gasteiger partial charge in [0, 0.05) is 25.1 Å². The molecule has 0 aromatic carbocycles. The molecule has 0 aromatic rings. The smallest absolute Gasteiger partial charge is 0.243 e. The zero-order valence-electron chi connectivity index (χ0n) is 12.7. The van der Waals surface area contributed by atoms with Gasteiger partial charge in [0.25, 0.3) is 0 Å². The second kappa shape index (κ2) is 8.12. The lowest BCUT2D eigenvalue weighted by Gasteiger charge is -2.26. The van der Waals surface area contributed by atoms with Crippen LogP contribution in [0.1, 0.15) is 45.4 Å². The minimum Gasteiger partial charge on any atom is -0.354 e. The molecule has 0 unspecified atom stereocenters. The first-order valence-corrected chi connectivity index (χ1v) is 7.96. The maximum absolute atomic E-state index is 11.9. The molecule has 0 radical (unpaired) electrons. The zero-order valence-corrected chi connectivity index (χ0v) is 12.7. The van der Waals surface area contributed by atoms with Crippen LogP contribution in [0.2, 0.25) is 0 Å². The lowest BCUT2D eigenvalue weighted by molar-refractivity contribution is -0.125. The highest BCUT2D eigenvalue weighted by Gasteiger charge is 2.22. The first-order valence-electron chi connectivity index (χ1n) is 7.96. The lowest BCUT2D eigenvalue weighted by Crippen LogP contribution is -2.37. The Bertz CT molecular complexity index is 383. The van der Waals surface area contributed by atoms with Gasteiger partial charge in [0.1, 0.15) is 0 Å². The van der Waals surface area contributed by atoms with E-state index in [4.69, 9.17) is 0 Å². The summed E-state index contributed by atoms with van der Waals surface area (Å²) in [5.74, 6) is 0.586.